The molecule has 1 N–H and O–H groups in total. The zero-order chi connectivity index (χ0) is 7.98. The van der Waals surface area contributed by atoms with Gasteiger partial charge in [-0.3, -0.25) is 0 Å². The lowest BCUT2D eigenvalue weighted by Gasteiger charge is -2.13. The third-order valence-electron chi connectivity index (χ3n) is 1.66. The van der Waals surface area contributed by atoms with E-state index >= 15 is 0 Å². The Balaban J connectivity index is 3.31. The van der Waals surface area contributed by atoms with E-state index in [4.69, 9.17) is 11.6 Å². The number of hydrogen-bond donors (Lipinski definition) is 1. The minimum Gasteiger partial charge on any atom is -0.392 e. The molecular formula is C8H17ClO. The van der Waals surface area contributed by atoms with Crippen molar-refractivity contribution in [2.75, 3.05) is 0 Å². The molecule has 10 heavy (non-hydrogen) atoms. The third kappa shape index (κ3) is 4.13. The molecule has 2 heteroatoms. The predicted octanol–water partition coefficient (Wildman–Crippen LogP) is 2.55. The molecule has 62 valence electrons. The smallest absolute Gasteiger partial charge is 0.0703 e. The number of aliphatic hydroxyl groups is 1. The minimum atomic E-state index is -0.299. The highest BCUT2D eigenvalue weighted by Gasteiger charge is 2.12. The van der Waals surface area contributed by atoms with E-state index in [1.165, 1.54) is 0 Å². The summed E-state index contributed by atoms with van der Waals surface area (Å²) < 4.78 is 0. The van der Waals surface area contributed by atoms with E-state index in [1.54, 1.807) is 0 Å². The topological polar surface area (TPSA) is 20.2 Å². The van der Waals surface area contributed by atoms with Gasteiger partial charge in [0.05, 0.1) is 11.5 Å². The number of hydrogen-bond acceptors (Lipinski definition) is 1. The van der Waals surface area contributed by atoms with Crippen LogP contribution in [-0.2, 0) is 0 Å². The van der Waals surface area contributed by atoms with Crippen molar-refractivity contribution in [1.29, 1.82) is 0 Å². The standard InChI is InChI=1S/C8H17ClO/c1-3-5-6-8(10)7(9)4-2/h7-8,10H,3-6H2,1-2H3/t7-,8-/m1/s1. The molecule has 0 aliphatic heterocycles. The van der Waals surface area contributed by atoms with Crippen LogP contribution in [0.15, 0.2) is 0 Å². The Kier molecular flexibility index (Phi) is 6.14. The van der Waals surface area contributed by atoms with Gasteiger partial charge in [-0.05, 0) is 12.8 Å². The molecule has 0 bridgehead atoms. The van der Waals surface area contributed by atoms with Crippen LogP contribution in [0.2, 0.25) is 0 Å². The average Bonchev–Trinajstić information content (AvgIpc) is 1.98. The third-order valence-corrected chi connectivity index (χ3v) is 2.26. The zero-order valence-corrected chi connectivity index (χ0v) is 7.56. The summed E-state index contributed by atoms with van der Waals surface area (Å²) >= 11 is 5.80. The van der Waals surface area contributed by atoms with Crippen LogP contribution in [0.4, 0.5) is 0 Å². The quantitative estimate of drug-likeness (QED) is 0.620. The molecule has 0 unspecified atom stereocenters. The summed E-state index contributed by atoms with van der Waals surface area (Å²) in [4.78, 5) is 0. The normalized spacial score (nSPS) is 16.8. The lowest BCUT2D eigenvalue weighted by Crippen LogP contribution is -2.19. The molecule has 0 rings (SSSR count). The van der Waals surface area contributed by atoms with Gasteiger partial charge in [-0.25, -0.2) is 0 Å². The van der Waals surface area contributed by atoms with Crippen LogP contribution in [0.25, 0.3) is 0 Å². The summed E-state index contributed by atoms with van der Waals surface area (Å²) in [5.74, 6) is 0. The van der Waals surface area contributed by atoms with Crippen molar-refractivity contribution in [2.45, 2.75) is 51.0 Å². The van der Waals surface area contributed by atoms with Crippen LogP contribution in [0.3, 0.4) is 0 Å². The molecule has 0 aliphatic rings. The van der Waals surface area contributed by atoms with E-state index in [1.807, 2.05) is 6.92 Å². The first-order chi connectivity index (χ1) is 4.72. The average molecular weight is 165 g/mol. The Bertz CT molecular complexity index is 75.7. The lowest BCUT2D eigenvalue weighted by atomic mass is 10.1. The molecule has 0 aromatic rings. The maximum atomic E-state index is 9.32. The van der Waals surface area contributed by atoms with Gasteiger partial charge in [0.1, 0.15) is 0 Å². The fourth-order valence-electron chi connectivity index (χ4n) is 0.866. The Morgan fingerprint density at radius 3 is 2.40 bits per heavy atom. The molecule has 0 radical (unpaired) electrons. The summed E-state index contributed by atoms with van der Waals surface area (Å²) in [5.41, 5.74) is 0. The number of alkyl halides is 1. The van der Waals surface area contributed by atoms with E-state index < -0.39 is 0 Å². The van der Waals surface area contributed by atoms with Crippen LogP contribution in [-0.4, -0.2) is 16.6 Å². The predicted molar refractivity (Wildman–Crippen MR) is 45.5 cm³/mol. The maximum absolute atomic E-state index is 9.32. The van der Waals surface area contributed by atoms with Crippen LogP contribution >= 0.6 is 11.6 Å². The van der Waals surface area contributed by atoms with Gasteiger partial charge in [0.25, 0.3) is 0 Å². The van der Waals surface area contributed by atoms with Gasteiger partial charge < -0.3 is 5.11 Å². The molecule has 0 aromatic carbocycles. The van der Waals surface area contributed by atoms with Gasteiger partial charge in [-0.15, -0.1) is 11.6 Å². The van der Waals surface area contributed by atoms with Gasteiger partial charge in [0, 0.05) is 0 Å². The highest BCUT2D eigenvalue weighted by Crippen LogP contribution is 2.12. The zero-order valence-electron chi connectivity index (χ0n) is 6.81. The number of aliphatic hydroxyl groups excluding tert-OH is 1. The molecule has 1 nitrogen and oxygen atoms in total. The summed E-state index contributed by atoms with van der Waals surface area (Å²) in [6.07, 6.45) is 3.60. The second-order valence-electron chi connectivity index (χ2n) is 2.63. The van der Waals surface area contributed by atoms with Crippen molar-refractivity contribution in [3.63, 3.8) is 0 Å². The van der Waals surface area contributed by atoms with Crippen LogP contribution < -0.4 is 0 Å². The molecular weight excluding hydrogens is 148 g/mol. The van der Waals surface area contributed by atoms with Crippen LogP contribution in [0.1, 0.15) is 39.5 Å². The van der Waals surface area contributed by atoms with Crippen LogP contribution in [0, 0.1) is 0 Å². The molecule has 2 atom stereocenters. The Morgan fingerprint density at radius 1 is 1.40 bits per heavy atom. The first-order valence-electron chi connectivity index (χ1n) is 4.04. The van der Waals surface area contributed by atoms with Crippen molar-refractivity contribution < 1.29 is 5.11 Å². The largest absolute Gasteiger partial charge is 0.392 e. The molecule has 0 aromatic heterocycles. The van der Waals surface area contributed by atoms with Gasteiger partial charge in [0.2, 0.25) is 0 Å². The second-order valence-corrected chi connectivity index (χ2v) is 3.19. The fourth-order valence-corrected chi connectivity index (χ4v) is 0.992. The van der Waals surface area contributed by atoms with Gasteiger partial charge in [-0.2, -0.15) is 0 Å². The summed E-state index contributed by atoms with van der Waals surface area (Å²) in [5, 5.41) is 9.27. The van der Waals surface area contributed by atoms with E-state index in [2.05, 4.69) is 6.92 Å². The van der Waals surface area contributed by atoms with Crippen molar-refractivity contribution in [1.82, 2.24) is 0 Å². The molecule has 0 fully saturated rings. The van der Waals surface area contributed by atoms with Gasteiger partial charge in [0.15, 0.2) is 0 Å². The van der Waals surface area contributed by atoms with Crippen molar-refractivity contribution in [2.24, 2.45) is 0 Å². The van der Waals surface area contributed by atoms with E-state index in [0.717, 1.165) is 25.7 Å². The van der Waals surface area contributed by atoms with Gasteiger partial charge >= 0.3 is 0 Å². The number of halogens is 1. The highest BCUT2D eigenvalue weighted by molar-refractivity contribution is 6.20. The monoisotopic (exact) mass is 164 g/mol. The lowest BCUT2D eigenvalue weighted by molar-refractivity contribution is 0.154. The molecule has 0 saturated carbocycles. The number of rotatable bonds is 5. The summed E-state index contributed by atoms with van der Waals surface area (Å²) in [6.45, 7) is 4.11. The summed E-state index contributed by atoms with van der Waals surface area (Å²) in [7, 11) is 0. The Hall–Kier alpha value is 0.250. The van der Waals surface area contributed by atoms with Gasteiger partial charge in [-0.1, -0.05) is 26.7 Å². The Labute approximate surface area is 68.4 Å². The molecule has 0 saturated heterocycles. The van der Waals surface area contributed by atoms with Crippen molar-refractivity contribution >= 4 is 11.6 Å². The fraction of sp³-hybridized carbons (Fsp3) is 1.00. The summed E-state index contributed by atoms with van der Waals surface area (Å²) in [6, 6.07) is 0. The molecule has 0 spiro atoms. The van der Waals surface area contributed by atoms with Crippen molar-refractivity contribution in [3.05, 3.63) is 0 Å². The van der Waals surface area contributed by atoms with E-state index in [-0.39, 0.29) is 11.5 Å². The van der Waals surface area contributed by atoms with Crippen molar-refractivity contribution in [3.8, 4) is 0 Å². The highest BCUT2D eigenvalue weighted by atomic mass is 35.5. The maximum Gasteiger partial charge on any atom is 0.0703 e. The second kappa shape index (κ2) is 5.99. The SMILES string of the molecule is CCCC[C@@H](O)[C@H](Cl)CC. The van der Waals surface area contributed by atoms with E-state index in [9.17, 15) is 5.11 Å². The van der Waals surface area contributed by atoms with Crippen LogP contribution in [0.5, 0.6) is 0 Å². The first kappa shape index (κ1) is 10.2. The molecule has 0 amide bonds. The number of unbranched alkanes of at least 4 members (excludes halogenated alkanes) is 1. The molecule has 0 aliphatic carbocycles. The Morgan fingerprint density at radius 2 is 2.00 bits per heavy atom. The first-order valence-corrected chi connectivity index (χ1v) is 4.48. The minimum absolute atomic E-state index is 0.0495. The molecule has 0 heterocycles. The van der Waals surface area contributed by atoms with E-state index in [0.29, 0.717) is 0 Å².